The summed E-state index contributed by atoms with van der Waals surface area (Å²) in [7, 11) is 1.13. The van der Waals surface area contributed by atoms with E-state index in [0.717, 1.165) is 5.56 Å². The van der Waals surface area contributed by atoms with Gasteiger partial charge in [-0.15, -0.1) is 0 Å². The highest BCUT2D eigenvalue weighted by Crippen LogP contribution is 2.30. The van der Waals surface area contributed by atoms with Crippen LogP contribution < -0.4 is 14.8 Å². The van der Waals surface area contributed by atoms with Gasteiger partial charge < -0.3 is 14.8 Å². The van der Waals surface area contributed by atoms with Crippen molar-refractivity contribution in [2.45, 2.75) is 37.1 Å². The predicted octanol–water partition coefficient (Wildman–Crippen LogP) is 3.37. The maximum absolute atomic E-state index is 12.5. The third-order valence-corrected chi connectivity index (χ3v) is 6.75. The molecule has 30 heavy (non-hydrogen) atoms. The second-order valence-corrected chi connectivity index (χ2v) is 8.93. The highest BCUT2D eigenvalue weighted by atomic mass is 32.2. The van der Waals surface area contributed by atoms with Crippen LogP contribution >= 0.6 is 0 Å². The summed E-state index contributed by atoms with van der Waals surface area (Å²) < 4.78 is 36.9. The minimum atomic E-state index is -3.55. The van der Waals surface area contributed by atoms with E-state index in [4.69, 9.17) is 9.47 Å². The number of benzene rings is 2. The highest BCUT2D eigenvalue weighted by molar-refractivity contribution is 7.89. The fourth-order valence-electron chi connectivity index (χ4n) is 3.11. The standard InChI is InChI=1S/C22H30N2O5S/c1-5-19(17-13-14-20(28-3)21(16-17)29-4)23-22(25)12-9-15-24(2)30(26,27)18-10-7-6-8-11-18/h6-8,10-11,13-14,16,19H,5,9,12,15H2,1-4H3,(H,23,25)/t19-/m1/s1. The lowest BCUT2D eigenvalue weighted by Gasteiger charge is -2.20. The van der Waals surface area contributed by atoms with Crippen LogP contribution in [0.3, 0.4) is 0 Å². The Hall–Kier alpha value is -2.58. The first-order valence-corrected chi connectivity index (χ1v) is 11.3. The van der Waals surface area contributed by atoms with Crippen molar-refractivity contribution in [3.05, 3.63) is 54.1 Å². The maximum atomic E-state index is 12.5. The number of ether oxygens (including phenoxy) is 2. The van der Waals surface area contributed by atoms with Gasteiger partial charge in [0.25, 0.3) is 0 Å². The molecule has 0 saturated heterocycles. The van der Waals surface area contributed by atoms with Crippen molar-refractivity contribution in [3.8, 4) is 11.5 Å². The molecule has 164 valence electrons. The number of nitrogens with one attached hydrogen (secondary N) is 1. The van der Waals surface area contributed by atoms with E-state index in [1.807, 2.05) is 25.1 Å². The summed E-state index contributed by atoms with van der Waals surface area (Å²) in [6.45, 7) is 2.25. The molecular weight excluding hydrogens is 404 g/mol. The number of sulfonamides is 1. The first-order chi connectivity index (χ1) is 14.3. The number of methoxy groups -OCH3 is 2. The molecule has 2 aromatic rings. The van der Waals surface area contributed by atoms with Crippen LogP contribution in [0.5, 0.6) is 11.5 Å². The Balaban J connectivity index is 1.92. The Bertz CT molecular complexity index is 932. The van der Waals surface area contributed by atoms with Crippen LogP contribution in [-0.4, -0.2) is 46.4 Å². The smallest absolute Gasteiger partial charge is 0.242 e. The van der Waals surface area contributed by atoms with Crippen LogP contribution in [0.2, 0.25) is 0 Å². The van der Waals surface area contributed by atoms with Crippen LogP contribution in [0.25, 0.3) is 0 Å². The summed E-state index contributed by atoms with van der Waals surface area (Å²) in [5.41, 5.74) is 0.923. The van der Waals surface area contributed by atoms with Gasteiger partial charge in [0, 0.05) is 20.0 Å². The number of hydrogen-bond acceptors (Lipinski definition) is 5. The Morgan fingerprint density at radius 1 is 1.07 bits per heavy atom. The van der Waals surface area contributed by atoms with Crippen molar-refractivity contribution in [1.82, 2.24) is 9.62 Å². The molecule has 0 aliphatic heterocycles. The van der Waals surface area contributed by atoms with Crippen molar-refractivity contribution < 1.29 is 22.7 Å². The van der Waals surface area contributed by atoms with E-state index in [1.54, 1.807) is 44.6 Å². The Labute approximate surface area is 179 Å². The highest BCUT2D eigenvalue weighted by Gasteiger charge is 2.20. The van der Waals surface area contributed by atoms with E-state index < -0.39 is 10.0 Å². The number of carbonyl (C=O) groups is 1. The number of nitrogens with zero attached hydrogens (tertiary/aromatic N) is 1. The molecule has 7 nitrogen and oxygen atoms in total. The summed E-state index contributed by atoms with van der Waals surface area (Å²) in [6.07, 6.45) is 1.37. The predicted molar refractivity (Wildman–Crippen MR) is 116 cm³/mol. The van der Waals surface area contributed by atoms with Gasteiger partial charge in [0.2, 0.25) is 15.9 Å². The normalized spacial score (nSPS) is 12.4. The first-order valence-electron chi connectivity index (χ1n) is 9.86. The molecule has 0 aliphatic rings. The molecule has 0 radical (unpaired) electrons. The largest absolute Gasteiger partial charge is 0.493 e. The Kier molecular flexibility index (Phi) is 8.68. The summed E-state index contributed by atoms with van der Waals surface area (Å²) in [5, 5.41) is 3.01. The molecule has 1 atom stereocenters. The average Bonchev–Trinajstić information content (AvgIpc) is 2.77. The van der Waals surface area contributed by atoms with Gasteiger partial charge in [-0.05, 0) is 42.7 Å². The van der Waals surface area contributed by atoms with Gasteiger partial charge >= 0.3 is 0 Å². The summed E-state index contributed by atoms with van der Waals surface area (Å²) in [6, 6.07) is 13.7. The van der Waals surface area contributed by atoms with E-state index in [1.165, 1.54) is 11.4 Å². The van der Waals surface area contributed by atoms with E-state index in [-0.39, 0.29) is 29.8 Å². The fraction of sp³-hybridized carbons (Fsp3) is 0.409. The molecule has 0 spiro atoms. The maximum Gasteiger partial charge on any atom is 0.242 e. The molecule has 0 aromatic heterocycles. The van der Waals surface area contributed by atoms with Crippen molar-refractivity contribution in [3.63, 3.8) is 0 Å². The molecule has 0 aliphatic carbocycles. The van der Waals surface area contributed by atoms with Crippen LogP contribution in [-0.2, 0) is 14.8 Å². The first kappa shape index (κ1) is 23.7. The SMILES string of the molecule is CC[C@@H](NC(=O)CCCN(C)S(=O)(=O)c1ccccc1)c1ccc(OC)c(OC)c1. The molecule has 0 fully saturated rings. The molecule has 0 saturated carbocycles. The van der Waals surface area contributed by atoms with Gasteiger partial charge in [-0.25, -0.2) is 12.7 Å². The van der Waals surface area contributed by atoms with Crippen LogP contribution in [0.4, 0.5) is 0 Å². The van der Waals surface area contributed by atoms with E-state index in [2.05, 4.69) is 5.32 Å². The molecule has 0 heterocycles. The monoisotopic (exact) mass is 434 g/mol. The lowest BCUT2D eigenvalue weighted by atomic mass is 10.0. The summed E-state index contributed by atoms with van der Waals surface area (Å²) >= 11 is 0. The van der Waals surface area contributed by atoms with E-state index >= 15 is 0 Å². The molecule has 2 aromatic carbocycles. The quantitative estimate of drug-likeness (QED) is 0.586. The van der Waals surface area contributed by atoms with Crippen molar-refractivity contribution in [1.29, 1.82) is 0 Å². The van der Waals surface area contributed by atoms with Gasteiger partial charge in [0.05, 0.1) is 25.2 Å². The van der Waals surface area contributed by atoms with Gasteiger partial charge in [-0.2, -0.15) is 0 Å². The van der Waals surface area contributed by atoms with Gasteiger partial charge in [0.15, 0.2) is 11.5 Å². The number of amides is 1. The van der Waals surface area contributed by atoms with Crippen molar-refractivity contribution in [2.24, 2.45) is 0 Å². The summed E-state index contributed by atoms with van der Waals surface area (Å²) in [5.74, 6) is 1.11. The zero-order valence-corrected chi connectivity index (χ0v) is 18.7. The number of carbonyl (C=O) groups excluding carboxylic acids is 1. The van der Waals surface area contributed by atoms with Crippen molar-refractivity contribution in [2.75, 3.05) is 27.8 Å². The molecule has 2 rings (SSSR count). The molecule has 8 heteroatoms. The molecule has 1 amide bonds. The second-order valence-electron chi connectivity index (χ2n) is 6.89. The van der Waals surface area contributed by atoms with Crippen molar-refractivity contribution >= 4 is 15.9 Å². The van der Waals surface area contributed by atoms with Crippen LogP contribution in [0, 0.1) is 0 Å². The minimum Gasteiger partial charge on any atom is -0.493 e. The van der Waals surface area contributed by atoms with Gasteiger partial charge in [0.1, 0.15) is 0 Å². The third-order valence-electron chi connectivity index (χ3n) is 4.88. The zero-order valence-electron chi connectivity index (χ0n) is 17.9. The lowest BCUT2D eigenvalue weighted by molar-refractivity contribution is -0.122. The van der Waals surface area contributed by atoms with E-state index in [9.17, 15) is 13.2 Å². The van der Waals surface area contributed by atoms with E-state index in [0.29, 0.717) is 24.3 Å². The Morgan fingerprint density at radius 3 is 2.33 bits per heavy atom. The lowest BCUT2D eigenvalue weighted by Crippen LogP contribution is -2.31. The summed E-state index contributed by atoms with van der Waals surface area (Å²) in [4.78, 5) is 12.7. The molecule has 0 unspecified atom stereocenters. The number of hydrogen-bond donors (Lipinski definition) is 1. The minimum absolute atomic E-state index is 0.123. The molecule has 0 bridgehead atoms. The average molecular weight is 435 g/mol. The third kappa shape index (κ3) is 5.96. The molecule has 1 N–H and O–H groups in total. The van der Waals surface area contributed by atoms with Gasteiger partial charge in [-0.3, -0.25) is 4.79 Å². The Morgan fingerprint density at radius 2 is 1.73 bits per heavy atom. The topological polar surface area (TPSA) is 84.9 Å². The van der Waals surface area contributed by atoms with Gasteiger partial charge in [-0.1, -0.05) is 31.2 Å². The zero-order chi connectivity index (χ0) is 22.1. The number of rotatable bonds is 11. The molecular formula is C22H30N2O5S. The fourth-order valence-corrected chi connectivity index (χ4v) is 4.34. The van der Waals surface area contributed by atoms with Crippen LogP contribution in [0.15, 0.2) is 53.4 Å². The second kappa shape index (κ2) is 11.0. The van der Waals surface area contributed by atoms with Crippen LogP contribution in [0.1, 0.15) is 37.8 Å².